The van der Waals surface area contributed by atoms with Gasteiger partial charge >= 0.3 is 6.09 Å². The number of nitrogens with one attached hydrogen (secondary N) is 1. The Morgan fingerprint density at radius 3 is 2.37 bits per heavy atom. The van der Waals surface area contributed by atoms with Crippen LogP contribution in [0.2, 0.25) is 0 Å². The highest BCUT2D eigenvalue weighted by Gasteiger charge is 2.20. The normalized spacial score (nSPS) is 11.9. The molecule has 7 heteroatoms. The van der Waals surface area contributed by atoms with Gasteiger partial charge < -0.3 is 9.30 Å². The van der Waals surface area contributed by atoms with Crippen LogP contribution in [0.1, 0.15) is 18.6 Å². The fourth-order valence-electron chi connectivity index (χ4n) is 2.72. The Bertz CT molecular complexity index is 953. The van der Waals surface area contributed by atoms with Crippen molar-refractivity contribution in [2.24, 2.45) is 7.05 Å². The summed E-state index contributed by atoms with van der Waals surface area (Å²) >= 11 is 3.34. The van der Waals surface area contributed by atoms with Gasteiger partial charge in [-0.2, -0.15) is 0 Å². The number of carbonyl (C=O) groups is 1. The molecule has 0 radical (unpaired) electrons. The maximum Gasteiger partial charge on any atom is 0.413 e. The van der Waals surface area contributed by atoms with Crippen molar-refractivity contribution < 1.29 is 18.3 Å². The van der Waals surface area contributed by atoms with Crippen LogP contribution in [0.5, 0.6) is 0 Å². The van der Waals surface area contributed by atoms with Gasteiger partial charge in [0.05, 0.1) is 5.56 Å². The number of aromatic nitrogens is 1. The van der Waals surface area contributed by atoms with E-state index in [1.165, 1.54) is 22.9 Å². The van der Waals surface area contributed by atoms with Crippen molar-refractivity contribution in [1.29, 1.82) is 0 Å². The number of nitrogens with zero attached hydrogens (tertiary/aromatic N) is 1. The molecule has 2 aromatic carbocycles. The lowest BCUT2D eigenvalue weighted by atomic mass is 10.1. The molecule has 4 nitrogen and oxygen atoms in total. The van der Waals surface area contributed by atoms with Crippen LogP contribution in [0.3, 0.4) is 0 Å². The molecule has 0 saturated carbocycles. The molecule has 0 spiro atoms. The number of carbonyl (C=O) groups excluding carboxylic acids is 1. The number of halogens is 3. The molecule has 0 bridgehead atoms. The maximum atomic E-state index is 14.4. The van der Waals surface area contributed by atoms with Gasteiger partial charge in [0.2, 0.25) is 0 Å². The monoisotopic (exact) mass is 434 g/mol. The fraction of sp³-hybridized carbons (Fsp3) is 0.150. The molecule has 0 fully saturated rings. The second-order valence-electron chi connectivity index (χ2n) is 6.04. The van der Waals surface area contributed by atoms with Crippen LogP contribution in [0.25, 0.3) is 11.1 Å². The zero-order valence-electron chi connectivity index (χ0n) is 14.7. The smallest absolute Gasteiger partial charge is 0.413 e. The number of amides is 1. The van der Waals surface area contributed by atoms with Crippen LogP contribution in [-0.4, -0.2) is 10.7 Å². The van der Waals surface area contributed by atoms with E-state index >= 15 is 0 Å². The first-order valence-corrected chi connectivity index (χ1v) is 8.98. The minimum atomic E-state index is -0.730. The highest BCUT2D eigenvalue weighted by atomic mass is 79.9. The summed E-state index contributed by atoms with van der Waals surface area (Å²) < 4.78 is 35.1. The van der Waals surface area contributed by atoms with Gasteiger partial charge in [0.15, 0.2) is 5.82 Å². The fourth-order valence-corrected chi connectivity index (χ4v) is 2.98. The van der Waals surface area contributed by atoms with Crippen LogP contribution < -0.4 is 5.32 Å². The Hall–Kier alpha value is -2.67. The summed E-state index contributed by atoms with van der Waals surface area (Å²) in [6.07, 6.45) is -0.0330. The molecule has 1 N–H and O–H groups in total. The summed E-state index contributed by atoms with van der Waals surface area (Å²) in [6.45, 7) is 1.67. The lowest BCUT2D eigenvalue weighted by Gasteiger charge is -2.15. The average Bonchev–Trinajstić information content (AvgIpc) is 2.89. The summed E-state index contributed by atoms with van der Waals surface area (Å²) in [5.74, 6) is -0.540. The summed E-state index contributed by atoms with van der Waals surface area (Å²) in [6, 6.07) is 12.8. The Kier molecular flexibility index (Phi) is 5.60. The van der Waals surface area contributed by atoms with Gasteiger partial charge in [0, 0.05) is 17.7 Å². The van der Waals surface area contributed by atoms with Gasteiger partial charge in [-0.15, -0.1) is 0 Å². The van der Waals surface area contributed by atoms with Gasteiger partial charge in [-0.3, -0.25) is 5.32 Å². The average molecular weight is 435 g/mol. The number of rotatable bonds is 4. The van der Waals surface area contributed by atoms with Crippen molar-refractivity contribution in [2.75, 3.05) is 5.32 Å². The van der Waals surface area contributed by atoms with Crippen molar-refractivity contribution in [3.63, 3.8) is 0 Å². The Balaban J connectivity index is 1.80. The summed E-state index contributed by atoms with van der Waals surface area (Å²) in [4.78, 5) is 12.3. The molecule has 3 aromatic rings. The molecule has 140 valence electrons. The third-order valence-corrected chi connectivity index (χ3v) is 4.64. The third kappa shape index (κ3) is 4.36. The minimum Gasteiger partial charge on any atom is -0.441 e. The zero-order chi connectivity index (χ0) is 19.6. The number of ether oxygens (including phenoxy) is 1. The quantitative estimate of drug-likeness (QED) is 0.543. The SMILES string of the molecule is C[C@@H](OC(=O)Nc1c(-c2ccc(Br)cc2)c(F)cn1C)c1ccc(F)cc1. The van der Waals surface area contributed by atoms with Crippen molar-refractivity contribution in [1.82, 2.24) is 4.57 Å². The molecule has 0 saturated heterocycles. The molecular weight excluding hydrogens is 418 g/mol. The van der Waals surface area contributed by atoms with E-state index in [0.717, 1.165) is 4.47 Å². The first kappa shape index (κ1) is 19.1. The zero-order valence-corrected chi connectivity index (χ0v) is 16.3. The second kappa shape index (κ2) is 7.92. The lowest BCUT2D eigenvalue weighted by Crippen LogP contribution is -2.18. The Morgan fingerprint density at radius 2 is 1.74 bits per heavy atom. The van der Waals surface area contributed by atoms with Crippen LogP contribution >= 0.6 is 15.9 Å². The molecular formula is C20H17BrF2N2O2. The van der Waals surface area contributed by atoms with E-state index < -0.39 is 18.0 Å². The first-order chi connectivity index (χ1) is 12.8. The predicted molar refractivity (Wildman–Crippen MR) is 103 cm³/mol. The minimum absolute atomic E-state index is 0.274. The summed E-state index contributed by atoms with van der Waals surface area (Å²) in [7, 11) is 1.63. The van der Waals surface area contributed by atoms with E-state index in [9.17, 15) is 13.6 Å². The topological polar surface area (TPSA) is 43.3 Å². The van der Waals surface area contributed by atoms with Gasteiger partial charge in [0.25, 0.3) is 0 Å². The van der Waals surface area contributed by atoms with Gasteiger partial charge in [-0.1, -0.05) is 40.2 Å². The number of benzene rings is 2. The Morgan fingerprint density at radius 1 is 1.11 bits per heavy atom. The van der Waals surface area contributed by atoms with E-state index in [4.69, 9.17) is 4.74 Å². The van der Waals surface area contributed by atoms with Crippen molar-refractivity contribution in [3.05, 3.63) is 76.4 Å². The summed E-state index contributed by atoms with van der Waals surface area (Å²) in [5, 5.41) is 2.60. The van der Waals surface area contributed by atoms with Crippen LogP contribution in [0.4, 0.5) is 19.4 Å². The van der Waals surface area contributed by atoms with E-state index in [1.54, 1.807) is 50.4 Å². The molecule has 0 aliphatic rings. The number of aryl methyl sites for hydroxylation is 1. The van der Waals surface area contributed by atoms with E-state index in [2.05, 4.69) is 21.2 Å². The van der Waals surface area contributed by atoms with Crippen molar-refractivity contribution >= 4 is 27.8 Å². The van der Waals surface area contributed by atoms with E-state index in [-0.39, 0.29) is 17.2 Å². The second-order valence-corrected chi connectivity index (χ2v) is 6.96. The first-order valence-electron chi connectivity index (χ1n) is 8.19. The highest BCUT2D eigenvalue weighted by Crippen LogP contribution is 2.33. The number of anilines is 1. The maximum absolute atomic E-state index is 14.4. The largest absolute Gasteiger partial charge is 0.441 e. The molecule has 0 unspecified atom stereocenters. The highest BCUT2D eigenvalue weighted by molar-refractivity contribution is 9.10. The van der Waals surface area contributed by atoms with Crippen LogP contribution in [0, 0.1) is 11.6 Å². The predicted octanol–water partition coefficient (Wildman–Crippen LogP) is 6.04. The standard InChI is InChI=1S/C20H17BrF2N2O2/c1-12(13-5-9-16(22)10-6-13)27-20(26)24-19-18(17(23)11-25(19)2)14-3-7-15(21)8-4-14/h3-12H,1-2H3,(H,24,26)/t12-/m1/s1. The molecule has 1 amide bonds. The molecule has 0 aliphatic heterocycles. The van der Waals surface area contributed by atoms with Crippen molar-refractivity contribution in [3.8, 4) is 11.1 Å². The molecule has 1 heterocycles. The molecule has 27 heavy (non-hydrogen) atoms. The van der Waals surface area contributed by atoms with Gasteiger partial charge in [-0.05, 0) is 42.3 Å². The lowest BCUT2D eigenvalue weighted by molar-refractivity contribution is 0.121. The number of hydrogen-bond acceptors (Lipinski definition) is 2. The van der Waals surface area contributed by atoms with E-state index in [0.29, 0.717) is 11.1 Å². The third-order valence-electron chi connectivity index (χ3n) is 4.11. The number of hydrogen-bond donors (Lipinski definition) is 1. The van der Waals surface area contributed by atoms with Gasteiger partial charge in [0.1, 0.15) is 17.7 Å². The summed E-state index contributed by atoms with van der Waals surface area (Å²) in [5.41, 5.74) is 1.55. The molecule has 1 atom stereocenters. The van der Waals surface area contributed by atoms with Gasteiger partial charge in [-0.25, -0.2) is 13.6 Å². The van der Waals surface area contributed by atoms with Crippen LogP contribution in [-0.2, 0) is 11.8 Å². The molecule has 0 aliphatic carbocycles. The molecule has 1 aromatic heterocycles. The Labute approximate surface area is 163 Å². The van der Waals surface area contributed by atoms with Crippen LogP contribution in [0.15, 0.2) is 59.2 Å². The molecule has 3 rings (SSSR count). The van der Waals surface area contributed by atoms with Crippen molar-refractivity contribution in [2.45, 2.75) is 13.0 Å². The van der Waals surface area contributed by atoms with E-state index in [1.807, 2.05) is 0 Å².